The molecule has 2 N–H and O–H groups in total. The van der Waals surface area contributed by atoms with Gasteiger partial charge in [-0.3, -0.25) is 0 Å². The summed E-state index contributed by atoms with van der Waals surface area (Å²) in [5.74, 6) is 0. The second-order valence-corrected chi connectivity index (χ2v) is 4.76. The molecule has 2 heterocycles. The summed E-state index contributed by atoms with van der Waals surface area (Å²) in [5, 5.41) is 6.43. The smallest absolute Gasteiger partial charge is 0.317 e. The van der Waals surface area contributed by atoms with E-state index < -0.39 is 0 Å². The molecule has 7 heteroatoms. The zero-order chi connectivity index (χ0) is 11.4. The second-order valence-electron chi connectivity index (χ2n) is 4.76. The fourth-order valence-electron chi connectivity index (χ4n) is 2.24. The topological polar surface area (TPSA) is 47.6 Å². The van der Waals surface area contributed by atoms with Crippen LogP contribution in [0.3, 0.4) is 0 Å². The summed E-state index contributed by atoms with van der Waals surface area (Å²) in [4.78, 5) is 16.1. The summed E-state index contributed by atoms with van der Waals surface area (Å²) in [7, 11) is 2.10. The van der Waals surface area contributed by atoms with Crippen LogP contribution < -0.4 is 10.6 Å². The number of urea groups is 1. The molecule has 2 saturated heterocycles. The first-order chi connectivity index (χ1) is 7.75. The van der Waals surface area contributed by atoms with Crippen molar-refractivity contribution in [2.75, 3.05) is 46.3 Å². The van der Waals surface area contributed by atoms with E-state index in [-0.39, 0.29) is 30.8 Å². The third kappa shape index (κ3) is 5.18. The normalized spacial score (nSPS) is 21.7. The number of halogens is 2. The molecule has 0 aromatic heterocycles. The fourth-order valence-corrected chi connectivity index (χ4v) is 2.24. The number of piperidine rings is 1. The maximum Gasteiger partial charge on any atom is 0.317 e. The number of hydrogen-bond donors (Lipinski definition) is 2. The van der Waals surface area contributed by atoms with Crippen molar-refractivity contribution in [3.05, 3.63) is 0 Å². The van der Waals surface area contributed by atoms with Crippen LogP contribution in [0.4, 0.5) is 4.79 Å². The fraction of sp³-hybridized carbons (Fsp3) is 0.909. The van der Waals surface area contributed by atoms with Gasteiger partial charge in [-0.1, -0.05) is 0 Å². The average molecular weight is 299 g/mol. The minimum atomic E-state index is 0. The van der Waals surface area contributed by atoms with Gasteiger partial charge in [0.25, 0.3) is 0 Å². The Labute approximate surface area is 121 Å². The highest BCUT2D eigenvalue weighted by atomic mass is 35.5. The van der Waals surface area contributed by atoms with Crippen LogP contribution in [-0.4, -0.2) is 68.2 Å². The summed E-state index contributed by atoms with van der Waals surface area (Å²) in [6.07, 6.45) is 2.11. The number of likely N-dealkylation sites (N-methyl/N-ethyl adjacent to an activating group) is 1. The molecule has 0 aromatic rings. The van der Waals surface area contributed by atoms with Crippen LogP contribution >= 0.6 is 24.8 Å². The Morgan fingerprint density at radius 1 is 1.11 bits per heavy atom. The number of piperazine rings is 1. The number of rotatable bonds is 1. The first kappa shape index (κ1) is 17.8. The van der Waals surface area contributed by atoms with Gasteiger partial charge >= 0.3 is 6.03 Å². The largest absolute Gasteiger partial charge is 0.335 e. The van der Waals surface area contributed by atoms with Gasteiger partial charge in [0.15, 0.2) is 0 Å². The average Bonchev–Trinajstić information content (AvgIpc) is 2.31. The Bertz CT molecular complexity index is 241. The lowest BCUT2D eigenvalue weighted by Gasteiger charge is -2.34. The lowest BCUT2D eigenvalue weighted by molar-refractivity contribution is 0.150. The van der Waals surface area contributed by atoms with E-state index in [1.54, 1.807) is 0 Å². The number of carbonyl (C=O) groups excluding carboxylic acids is 1. The molecule has 2 aliphatic rings. The molecule has 0 atom stereocenters. The number of hydrogen-bond acceptors (Lipinski definition) is 3. The van der Waals surface area contributed by atoms with Gasteiger partial charge in [-0.15, -0.1) is 24.8 Å². The van der Waals surface area contributed by atoms with Crippen LogP contribution in [0.25, 0.3) is 0 Å². The SMILES string of the molecule is CN1CCN(C(=O)NC2CCNCC2)CC1.Cl.Cl. The van der Waals surface area contributed by atoms with E-state index >= 15 is 0 Å². The van der Waals surface area contributed by atoms with E-state index in [1.807, 2.05) is 4.90 Å². The summed E-state index contributed by atoms with van der Waals surface area (Å²) >= 11 is 0. The van der Waals surface area contributed by atoms with E-state index in [2.05, 4.69) is 22.6 Å². The number of nitrogens with zero attached hydrogens (tertiary/aromatic N) is 2. The number of carbonyl (C=O) groups is 1. The van der Waals surface area contributed by atoms with Crippen LogP contribution in [-0.2, 0) is 0 Å². The summed E-state index contributed by atoms with van der Waals surface area (Å²) in [6, 6.07) is 0.494. The molecule has 0 bridgehead atoms. The molecule has 0 radical (unpaired) electrons. The Kier molecular flexibility index (Phi) is 8.69. The van der Waals surface area contributed by atoms with Gasteiger partial charge in [0.1, 0.15) is 0 Å². The van der Waals surface area contributed by atoms with Crippen LogP contribution in [0, 0.1) is 0 Å². The van der Waals surface area contributed by atoms with Crippen molar-refractivity contribution in [3.63, 3.8) is 0 Å². The second kappa shape index (κ2) is 8.80. The van der Waals surface area contributed by atoms with Crippen LogP contribution in [0.15, 0.2) is 0 Å². The molecule has 108 valence electrons. The van der Waals surface area contributed by atoms with Crippen molar-refractivity contribution in [2.45, 2.75) is 18.9 Å². The third-order valence-corrected chi connectivity index (χ3v) is 3.46. The molecule has 0 aliphatic carbocycles. The third-order valence-electron chi connectivity index (χ3n) is 3.46. The molecule has 5 nitrogen and oxygen atoms in total. The van der Waals surface area contributed by atoms with Crippen LogP contribution in [0.2, 0.25) is 0 Å². The van der Waals surface area contributed by atoms with Gasteiger partial charge < -0.3 is 20.4 Å². The predicted molar refractivity (Wildman–Crippen MR) is 78.0 cm³/mol. The molecule has 2 aliphatic heterocycles. The van der Waals surface area contributed by atoms with Crippen LogP contribution in [0.1, 0.15) is 12.8 Å². The van der Waals surface area contributed by atoms with E-state index in [4.69, 9.17) is 0 Å². The van der Waals surface area contributed by atoms with E-state index in [1.165, 1.54) is 0 Å². The molecule has 2 rings (SSSR count). The Morgan fingerprint density at radius 3 is 2.22 bits per heavy atom. The molecule has 2 amide bonds. The number of nitrogens with one attached hydrogen (secondary N) is 2. The van der Waals surface area contributed by atoms with Crippen molar-refractivity contribution >= 4 is 30.8 Å². The highest BCUT2D eigenvalue weighted by molar-refractivity contribution is 5.85. The molecular formula is C11H24Cl2N4O. The quantitative estimate of drug-likeness (QED) is 0.743. The lowest BCUT2D eigenvalue weighted by Crippen LogP contribution is -2.53. The van der Waals surface area contributed by atoms with Gasteiger partial charge in [-0.05, 0) is 33.0 Å². The zero-order valence-corrected chi connectivity index (χ0v) is 12.5. The molecule has 0 aromatic carbocycles. The minimum Gasteiger partial charge on any atom is -0.335 e. The standard InChI is InChI=1S/C11H22N4O.2ClH/c1-14-6-8-15(9-7-14)11(16)13-10-2-4-12-5-3-10;;/h10,12H,2-9H2,1H3,(H,13,16);2*1H. The van der Waals surface area contributed by atoms with E-state index in [0.29, 0.717) is 6.04 Å². The molecule has 0 saturated carbocycles. The summed E-state index contributed by atoms with van der Waals surface area (Å²) < 4.78 is 0. The van der Waals surface area contributed by atoms with Crippen molar-refractivity contribution in [2.24, 2.45) is 0 Å². The van der Waals surface area contributed by atoms with Gasteiger partial charge in [0.05, 0.1) is 0 Å². The molecule has 0 unspecified atom stereocenters. The highest BCUT2D eigenvalue weighted by Gasteiger charge is 2.22. The van der Waals surface area contributed by atoms with Crippen molar-refractivity contribution in [1.82, 2.24) is 20.4 Å². The van der Waals surface area contributed by atoms with E-state index in [0.717, 1.165) is 52.1 Å². The molecular weight excluding hydrogens is 275 g/mol. The Balaban J connectivity index is 0.00000144. The van der Waals surface area contributed by atoms with Crippen LogP contribution in [0.5, 0.6) is 0 Å². The predicted octanol–water partition coefficient (Wildman–Crippen LogP) is 0.539. The van der Waals surface area contributed by atoms with E-state index in [9.17, 15) is 4.79 Å². The first-order valence-corrected chi connectivity index (χ1v) is 6.20. The van der Waals surface area contributed by atoms with Crippen molar-refractivity contribution in [3.8, 4) is 0 Å². The number of amides is 2. The monoisotopic (exact) mass is 298 g/mol. The van der Waals surface area contributed by atoms with Gasteiger partial charge in [-0.25, -0.2) is 4.79 Å². The molecule has 2 fully saturated rings. The Morgan fingerprint density at radius 2 is 1.67 bits per heavy atom. The molecule has 0 spiro atoms. The highest BCUT2D eigenvalue weighted by Crippen LogP contribution is 2.05. The Hall–Kier alpha value is -0.230. The van der Waals surface area contributed by atoms with Crippen molar-refractivity contribution < 1.29 is 4.79 Å². The maximum absolute atomic E-state index is 11.9. The summed E-state index contributed by atoms with van der Waals surface area (Å²) in [6.45, 7) is 5.72. The van der Waals surface area contributed by atoms with Crippen molar-refractivity contribution in [1.29, 1.82) is 0 Å². The van der Waals surface area contributed by atoms with Gasteiger partial charge in [0, 0.05) is 32.2 Å². The van der Waals surface area contributed by atoms with Gasteiger partial charge in [0.2, 0.25) is 0 Å². The summed E-state index contributed by atoms with van der Waals surface area (Å²) in [5.41, 5.74) is 0. The van der Waals surface area contributed by atoms with Gasteiger partial charge in [-0.2, -0.15) is 0 Å². The maximum atomic E-state index is 11.9. The first-order valence-electron chi connectivity index (χ1n) is 6.20. The molecule has 18 heavy (non-hydrogen) atoms. The minimum absolute atomic E-state index is 0. The zero-order valence-electron chi connectivity index (χ0n) is 10.9. The lowest BCUT2D eigenvalue weighted by atomic mass is 10.1.